The lowest BCUT2D eigenvalue weighted by Crippen LogP contribution is -2.10. The molecule has 0 spiro atoms. The van der Waals surface area contributed by atoms with E-state index in [1.165, 1.54) is 47.5 Å². The highest BCUT2D eigenvalue weighted by Crippen LogP contribution is 2.46. The van der Waals surface area contributed by atoms with Gasteiger partial charge in [0.1, 0.15) is 11.0 Å². The van der Waals surface area contributed by atoms with Crippen molar-refractivity contribution in [3.8, 4) is 131 Å². The Bertz CT molecular complexity index is 8120. The zero-order chi connectivity index (χ0) is 86.8. The van der Waals surface area contributed by atoms with Gasteiger partial charge in [-0.3, -0.25) is 0 Å². The molecule has 25 rings (SSSR count). The number of rotatable bonds is 12. The van der Waals surface area contributed by atoms with Gasteiger partial charge < -0.3 is 13.4 Å². The van der Waals surface area contributed by atoms with E-state index < -0.39 is 0 Å². The first-order valence-electron chi connectivity index (χ1n) is 43.3. The second-order valence-electron chi connectivity index (χ2n) is 33.2. The number of hydrogen-bond donors (Lipinski definition) is 0. The monoisotopic (exact) mass is 1720 g/mol. The number of fused-ring (bicyclic) bond motifs is 17. The molecule has 132 heavy (non-hydrogen) atoms. The van der Waals surface area contributed by atoms with Gasteiger partial charge >= 0.3 is 0 Å². The summed E-state index contributed by atoms with van der Waals surface area (Å²) in [6.45, 7) is 6.84. The van der Waals surface area contributed by atoms with Gasteiger partial charge in [0.25, 0.3) is 0 Å². The molecule has 630 valence electrons. The van der Waals surface area contributed by atoms with Crippen LogP contribution in [0.2, 0.25) is 0 Å². The van der Waals surface area contributed by atoms with Crippen molar-refractivity contribution < 1.29 is 8.83 Å². The van der Waals surface area contributed by atoms with Crippen LogP contribution in [0.25, 0.3) is 238 Å². The van der Waals surface area contributed by atoms with Crippen LogP contribution in [0, 0.1) is 0 Å². The topological polar surface area (TPSA) is 173 Å². The van der Waals surface area contributed by atoms with Gasteiger partial charge in [0.15, 0.2) is 63.6 Å². The summed E-state index contributed by atoms with van der Waals surface area (Å²) in [6, 6.07) is 139. The van der Waals surface area contributed by atoms with Crippen molar-refractivity contribution in [3.63, 3.8) is 0 Å². The summed E-state index contributed by atoms with van der Waals surface area (Å²) in [5.74, 6) is 7.04. The lowest BCUT2D eigenvalue weighted by Gasteiger charge is -2.19. The van der Waals surface area contributed by atoms with Crippen LogP contribution in [-0.2, 0) is 5.41 Å². The summed E-state index contributed by atoms with van der Waals surface area (Å²) in [7, 11) is 0. The van der Waals surface area contributed by atoms with E-state index >= 15 is 0 Å². The summed E-state index contributed by atoms with van der Waals surface area (Å²) in [6.07, 6.45) is 0. The number of aromatic nitrogens is 12. The standard InChI is InChI=1S/C43H32N4S.2C36H22N4O.2CH4/c1-43(2,3)30-20-23-32-34-24-25-35-33-16-10-11-17-37(33)48-39(35)38(34)47(36(32)26-30)31-21-18-29(19-22-31)42-45-40(27-12-6-4-7-13-27)44-41(46-42)28-14-8-5-9-15-28;2*1-4-10-24(11-5-1)33-38-34(25-12-6-2-7-13-25)40-35(39-33)28-18-20-29-27(22-28)17-16-23-19-21-30-32(31(23)29)41-36(37-30)26-14-8-3-9-15-26;;/h4-26H,1-3H3;2*1-22H;2*1H4. The quantitative estimate of drug-likeness (QED) is 0.106. The highest BCUT2D eigenvalue weighted by atomic mass is 32.1. The van der Waals surface area contributed by atoms with Gasteiger partial charge in [-0.05, 0) is 128 Å². The van der Waals surface area contributed by atoms with Gasteiger partial charge in [0.05, 0.1) is 15.7 Å². The van der Waals surface area contributed by atoms with E-state index in [9.17, 15) is 0 Å². The highest BCUT2D eigenvalue weighted by Gasteiger charge is 2.25. The molecule has 0 aliphatic rings. The van der Waals surface area contributed by atoms with E-state index in [1.807, 2.05) is 266 Å². The Morgan fingerprint density at radius 2 is 0.545 bits per heavy atom. The molecule has 7 heterocycles. The fourth-order valence-electron chi connectivity index (χ4n) is 17.3. The van der Waals surface area contributed by atoms with Crippen LogP contribution in [-0.4, -0.2) is 59.4 Å². The smallest absolute Gasteiger partial charge is 0.227 e. The minimum absolute atomic E-state index is 0. The zero-order valence-electron chi connectivity index (χ0n) is 70.8. The molecule has 7 aromatic heterocycles. The maximum Gasteiger partial charge on any atom is 0.227 e. The molecule has 0 unspecified atom stereocenters. The van der Waals surface area contributed by atoms with Crippen LogP contribution < -0.4 is 0 Å². The van der Waals surface area contributed by atoms with E-state index in [1.54, 1.807) is 0 Å². The van der Waals surface area contributed by atoms with Crippen molar-refractivity contribution in [1.29, 1.82) is 0 Å². The van der Waals surface area contributed by atoms with E-state index in [2.05, 4.69) is 177 Å². The molecule has 0 saturated heterocycles. The molecule has 0 aliphatic heterocycles. The van der Waals surface area contributed by atoms with E-state index in [-0.39, 0.29) is 20.3 Å². The minimum atomic E-state index is 0. The second kappa shape index (κ2) is 34.6. The normalized spacial score (nSPS) is 11.5. The average molecular weight is 1720 g/mol. The van der Waals surface area contributed by atoms with Crippen molar-refractivity contribution in [2.24, 2.45) is 0 Å². The summed E-state index contributed by atoms with van der Waals surface area (Å²) >= 11 is 1.88. The number of oxazole rings is 2. The van der Waals surface area contributed by atoms with Crippen LogP contribution in [0.4, 0.5) is 0 Å². The number of benzene rings is 18. The van der Waals surface area contributed by atoms with Crippen LogP contribution >= 0.6 is 11.3 Å². The fourth-order valence-corrected chi connectivity index (χ4v) is 18.6. The van der Waals surface area contributed by atoms with Gasteiger partial charge in [-0.1, -0.05) is 357 Å². The second-order valence-corrected chi connectivity index (χ2v) is 34.3. The Morgan fingerprint density at radius 3 is 0.924 bits per heavy atom. The summed E-state index contributed by atoms with van der Waals surface area (Å²) in [5.41, 5.74) is 18.6. The Balaban J connectivity index is 0.000000119. The Kier molecular flexibility index (Phi) is 21.5. The Labute approximate surface area is 765 Å². The minimum Gasteiger partial charge on any atom is -0.435 e. The maximum atomic E-state index is 6.38. The van der Waals surface area contributed by atoms with Crippen LogP contribution in [0.3, 0.4) is 0 Å². The van der Waals surface area contributed by atoms with Crippen molar-refractivity contribution in [3.05, 3.63) is 412 Å². The molecule has 14 nitrogen and oxygen atoms in total. The van der Waals surface area contributed by atoms with Gasteiger partial charge in [0.2, 0.25) is 11.8 Å². The summed E-state index contributed by atoms with van der Waals surface area (Å²) in [4.78, 5) is 53.7. The number of nitrogens with zero attached hydrogens (tertiary/aromatic N) is 12. The van der Waals surface area contributed by atoms with E-state index in [0.29, 0.717) is 64.2 Å². The molecule has 0 fully saturated rings. The lowest BCUT2D eigenvalue weighted by atomic mass is 9.86. The molecule has 0 amide bonds. The molecule has 0 bridgehead atoms. The van der Waals surface area contributed by atoms with Crippen LogP contribution in [0.1, 0.15) is 41.2 Å². The first kappa shape index (κ1) is 82.0. The molecule has 0 radical (unpaired) electrons. The maximum absolute atomic E-state index is 6.38. The van der Waals surface area contributed by atoms with Gasteiger partial charge in [-0.2, -0.15) is 0 Å². The van der Waals surface area contributed by atoms with Crippen molar-refractivity contribution in [1.82, 2.24) is 59.4 Å². The Hall–Kier alpha value is -17.0. The van der Waals surface area contributed by atoms with E-state index in [4.69, 9.17) is 63.7 Å². The average Bonchev–Trinajstić information content (AvgIpc) is 1.55. The zero-order valence-corrected chi connectivity index (χ0v) is 71.6. The molecule has 0 N–H and O–H groups in total. The predicted molar refractivity (Wildman–Crippen MR) is 544 cm³/mol. The lowest BCUT2D eigenvalue weighted by molar-refractivity contribution is 0.591. The third-order valence-electron chi connectivity index (χ3n) is 23.9. The molecular formula is C117H84N12O2S. The van der Waals surface area contributed by atoms with Crippen LogP contribution in [0.15, 0.2) is 415 Å². The third-order valence-corrected chi connectivity index (χ3v) is 25.1. The molecule has 25 aromatic rings. The predicted octanol–water partition coefficient (Wildman–Crippen LogP) is 30.9. The van der Waals surface area contributed by atoms with E-state index in [0.717, 1.165) is 132 Å². The van der Waals surface area contributed by atoms with Gasteiger partial charge in [-0.15, -0.1) is 11.3 Å². The van der Waals surface area contributed by atoms with Gasteiger partial charge in [-0.25, -0.2) is 54.8 Å². The van der Waals surface area contributed by atoms with Crippen molar-refractivity contribution >= 4 is 119 Å². The van der Waals surface area contributed by atoms with Gasteiger partial charge in [0, 0.05) is 104 Å². The molecular weight excluding hydrogens is 1640 g/mol. The highest BCUT2D eigenvalue weighted by molar-refractivity contribution is 7.26. The van der Waals surface area contributed by atoms with Crippen molar-refractivity contribution in [2.75, 3.05) is 0 Å². The summed E-state index contributed by atoms with van der Waals surface area (Å²) in [5, 5.41) is 13.8. The fraction of sp³-hybridized carbons (Fsp3) is 0.0513. The molecule has 0 saturated carbocycles. The van der Waals surface area contributed by atoms with Crippen LogP contribution in [0.5, 0.6) is 0 Å². The van der Waals surface area contributed by atoms with Crippen molar-refractivity contribution in [2.45, 2.75) is 41.0 Å². The molecule has 18 aromatic carbocycles. The molecule has 0 aliphatic carbocycles. The summed E-state index contributed by atoms with van der Waals surface area (Å²) < 4.78 is 17.8. The third kappa shape index (κ3) is 15.5. The SMILES string of the molecule is C.C.CC(C)(C)c1ccc2c3ccc4c5ccccc5sc4c3n(-c3ccc(-c4nc(-c5ccccc5)nc(-c5ccccc5)n4)cc3)c2c1.c1ccc(-c2nc(-c3ccccc3)nc(-c3ccc4c(ccc5ccc6nc(-c7ccccc7)oc6c54)c3)n2)cc1.c1ccc(-c2nc(-c3ccccc3)nc(-c3ccc4c(ccc5ccc6nc(-c7ccccc7)oc6c54)c3)n2)cc1. The number of hydrogen-bond acceptors (Lipinski definition) is 14. The molecule has 0 atom stereocenters. The first-order valence-corrected chi connectivity index (χ1v) is 44.1. The first-order chi connectivity index (χ1) is 64.0. The molecule has 15 heteroatoms. The Morgan fingerprint density at radius 1 is 0.242 bits per heavy atom. The number of thiophene rings is 1. The largest absolute Gasteiger partial charge is 0.435 e.